The van der Waals surface area contributed by atoms with Gasteiger partial charge in [-0.15, -0.1) is 0 Å². The van der Waals surface area contributed by atoms with E-state index < -0.39 is 12.1 Å². The van der Waals surface area contributed by atoms with Crippen LogP contribution in [0.2, 0.25) is 0 Å². The minimum absolute atomic E-state index is 0.0753. The molecule has 1 aliphatic heterocycles. The van der Waals surface area contributed by atoms with E-state index in [0.29, 0.717) is 34.9 Å². The van der Waals surface area contributed by atoms with Gasteiger partial charge < -0.3 is 34.8 Å². The van der Waals surface area contributed by atoms with Crippen LogP contribution in [0, 0.1) is 25.7 Å². The number of urea groups is 1. The Morgan fingerprint density at radius 2 is 1.93 bits per heavy atom. The number of aromatic nitrogens is 1. The summed E-state index contributed by atoms with van der Waals surface area (Å²) < 4.78 is 11.7. The first-order valence-electron chi connectivity index (χ1n) is 14.1. The summed E-state index contributed by atoms with van der Waals surface area (Å²) in [6.07, 6.45) is 4.35. The van der Waals surface area contributed by atoms with Crippen molar-refractivity contribution in [3.05, 3.63) is 35.2 Å². The van der Waals surface area contributed by atoms with Gasteiger partial charge in [0.2, 0.25) is 5.91 Å². The van der Waals surface area contributed by atoms with Crippen LogP contribution in [-0.2, 0) is 4.79 Å². The van der Waals surface area contributed by atoms with Crippen LogP contribution in [0.4, 0.5) is 16.2 Å². The topological polar surface area (TPSA) is 137 Å². The average molecular weight is 556 g/mol. The molecule has 1 saturated carbocycles. The Labute approximate surface area is 235 Å². The minimum Gasteiger partial charge on any atom is -0.485 e. The maximum atomic E-state index is 13.7. The molecule has 2 aromatic rings. The summed E-state index contributed by atoms with van der Waals surface area (Å²) >= 11 is 0. The molecule has 1 aliphatic carbocycles. The molecule has 1 aromatic carbocycles. The van der Waals surface area contributed by atoms with Crippen molar-refractivity contribution in [1.82, 2.24) is 15.0 Å². The lowest BCUT2D eigenvalue weighted by molar-refractivity contribution is -0.120. The van der Waals surface area contributed by atoms with Gasteiger partial charge in [-0.2, -0.15) is 0 Å². The molecule has 11 heteroatoms. The third-order valence-corrected chi connectivity index (χ3v) is 7.99. The van der Waals surface area contributed by atoms with Gasteiger partial charge in [0, 0.05) is 25.4 Å². The van der Waals surface area contributed by atoms with Crippen molar-refractivity contribution in [2.24, 2.45) is 11.8 Å². The van der Waals surface area contributed by atoms with E-state index in [0.717, 1.165) is 32.1 Å². The van der Waals surface area contributed by atoms with E-state index in [9.17, 15) is 19.5 Å². The maximum absolute atomic E-state index is 13.7. The summed E-state index contributed by atoms with van der Waals surface area (Å²) in [5, 5.41) is 19.7. The Morgan fingerprint density at radius 3 is 2.58 bits per heavy atom. The first kappa shape index (κ1) is 29.4. The molecule has 40 heavy (non-hydrogen) atoms. The van der Waals surface area contributed by atoms with Gasteiger partial charge in [0.25, 0.3) is 5.91 Å². The van der Waals surface area contributed by atoms with Crippen molar-refractivity contribution >= 4 is 29.2 Å². The lowest BCUT2D eigenvalue weighted by Crippen LogP contribution is -2.50. The highest BCUT2D eigenvalue weighted by Gasteiger charge is 2.35. The van der Waals surface area contributed by atoms with E-state index in [4.69, 9.17) is 9.26 Å². The second kappa shape index (κ2) is 12.7. The third-order valence-electron chi connectivity index (χ3n) is 7.99. The summed E-state index contributed by atoms with van der Waals surface area (Å²) in [6.45, 7) is 7.54. The number of hydrogen-bond donors (Lipinski definition) is 3. The standard InChI is InChI=1S/C29H41N5O6/c1-17-14-34(18(2)16-35)28(37)22-12-9-13-23(30-27(36)21-10-7-6-8-11-21)26(22)39-24(17)15-33(5)29(38)31-25-19(3)32-40-20(25)4/h9,12-13,17-18,21,24,35H,6-8,10-11,14-16H2,1-5H3,(H,30,36)(H,31,38)/t17-,18-,24+/m0/s1. The molecule has 0 unspecified atom stereocenters. The van der Waals surface area contributed by atoms with Crippen LogP contribution in [0.3, 0.4) is 0 Å². The molecule has 218 valence electrons. The fraction of sp³-hybridized carbons (Fsp3) is 0.586. The molecule has 4 rings (SSSR count). The summed E-state index contributed by atoms with van der Waals surface area (Å²) in [5.41, 5.74) is 1.84. The summed E-state index contributed by atoms with van der Waals surface area (Å²) in [5.74, 6) is 0.153. The van der Waals surface area contributed by atoms with Gasteiger partial charge in [-0.1, -0.05) is 37.4 Å². The molecule has 3 atom stereocenters. The fourth-order valence-electron chi connectivity index (χ4n) is 5.38. The van der Waals surface area contributed by atoms with Gasteiger partial charge in [-0.05, 0) is 45.7 Å². The Hall–Kier alpha value is -3.60. The van der Waals surface area contributed by atoms with Crippen molar-refractivity contribution in [3.8, 4) is 5.75 Å². The monoisotopic (exact) mass is 555 g/mol. The summed E-state index contributed by atoms with van der Waals surface area (Å²) in [4.78, 5) is 43.1. The molecule has 2 heterocycles. The summed E-state index contributed by atoms with van der Waals surface area (Å²) in [6, 6.07) is 4.35. The van der Waals surface area contributed by atoms with E-state index in [-0.39, 0.29) is 48.6 Å². The molecule has 3 N–H and O–H groups in total. The van der Waals surface area contributed by atoms with Gasteiger partial charge in [0.1, 0.15) is 17.5 Å². The Kier molecular flexibility index (Phi) is 9.34. The first-order chi connectivity index (χ1) is 19.1. The predicted molar refractivity (Wildman–Crippen MR) is 150 cm³/mol. The molecular weight excluding hydrogens is 514 g/mol. The number of hydrogen-bond acceptors (Lipinski definition) is 7. The van der Waals surface area contributed by atoms with E-state index in [2.05, 4.69) is 15.8 Å². The number of amides is 4. The lowest BCUT2D eigenvalue weighted by atomic mass is 9.88. The van der Waals surface area contributed by atoms with Gasteiger partial charge in [0.05, 0.1) is 30.4 Å². The smallest absolute Gasteiger partial charge is 0.321 e. The number of likely N-dealkylation sites (N-methyl/N-ethyl adjacent to an activating group) is 1. The number of ether oxygens (including phenoxy) is 1. The third kappa shape index (κ3) is 6.41. The van der Waals surface area contributed by atoms with Crippen LogP contribution in [-0.4, -0.2) is 76.8 Å². The molecule has 1 fully saturated rings. The van der Waals surface area contributed by atoms with E-state index >= 15 is 0 Å². The second-order valence-electron chi connectivity index (χ2n) is 11.1. The number of aryl methyl sites for hydroxylation is 2. The van der Waals surface area contributed by atoms with Crippen LogP contribution in [0.5, 0.6) is 5.75 Å². The van der Waals surface area contributed by atoms with Crippen LogP contribution in [0.15, 0.2) is 22.7 Å². The number of anilines is 2. The molecule has 0 bridgehead atoms. The first-order valence-corrected chi connectivity index (χ1v) is 14.1. The highest BCUT2D eigenvalue weighted by Crippen LogP contribution is 2.36. The number of aliphatic hydroxyl groups is 1. The highest BCUT2D eigenvalue weighted by molar-refractivity contribution is 6.02. The lowest BCUT2D eigenvalue weighted by Gasteiger charge is -2.38. The number of aliphatic hydroxyl groups excluding tert-OH is 1. The number of benzene rings is 1. The summed E-state index contributed by atoms with van der Waals surface area (Å²) in [7, 11) is 1.67. The maximum Gasteiger partial charge on any atom is 0.321 e. The normalized spacial score (nSPS) is 20.6. The number of carbonyl (C=O) groups excluding carboxylic acids is 3. The van der Waals surface area contributed by atoms with Crippen molar-refractivity contribution in [2.75, 3.05) is 37.4 Å². The number of nitrogens with zero attached hydrogens (tertiary/aromatic N) is 3. The predicted octanol–water partition coefficient (Wildman–Crippen LogP) is 4.19. The van der Waals surface area contributed by atoms with Crippen LogP contribution in [0.1, 0.15) is 67.8 Å². The number of para-hydroxylation sites is 1. The van der Waals surface area contributed by atoms with E-state index in [1.165, 1.54) is 4.90 Å². The minimum atomic E-state index is -0.520. The molecule has 11 nitrogen and oxygen atoms in total. The van der Waals surface area contributed by atoms with Crippen LogP contribution < -0.4 is 15.4 Å². The van der Waals surface area contributed by atoms with Crippen molar-refractivity contribution in [3.63, 3.8) is 0 Å². The van der Waals surface area contributed by atoms with Gasteiger partial charge in [-0.3, -0.25) is 9.59 Å². The number of fused-ring (bicyclic) bond motifs is 1. The number of nitrogens with one attached hydrogen (secondary N) is 2. The Balaban J connectivity index is 1.63. The number of rotatable bonds is 7. The largest absolute Gasteiger partial charge is 0.485 e. The highest BCUT2D eigenvalue weighted by atomic mass is 16.5. The zero-order valence-electron chi connectivity index (χ0n) is 24.0. The van der Waals surface area contributed by atoms with Gasteiger partial charge in [-0.25, -0.2) is 4.79 Å². The molecule has 0 radical (unpaired) electrons. The molecule has 1 aromatic heterocycles. The van der Waals surface area contributed by atoms with E-state index in [1.807, 2.05) is 6.92 Å². The van der Waals surface area contributed by atoms with Crippen molar-refractivity contribution in [1.29, 1.82) is 0 Å². The van der Waals surface area contributed by atoms with Crippen LogP contribution in [0.25, 0.3) is 0 Å². The van der Waals surface area contributed by atoms with Gasteiger partial charge >= 0.3 is 6.03 Å². The van der Waals surface area contributed by atoms with Crippen LogP contribution >= 0.6 is 0 Å². The van der Waals surface area contributed by atoms with Gasteiger partial charge in [0.15, 0.2) is 11.5 Å². The zero-order valence-corrected chi connectivity index (χ0v) is 24.0. The van der Waals surface area contributed by atoms with E-state index in [1.54, 1.807) is 50.9 Å². The Morgan fingerprint density at radius 1 is 1.20 bits per heavy atom. The quantitative estimate of drug-likeness (QED) is 0.466. The molecule has 2 aliphatic rings. The Bertz CT molecular complexity index is 1200. The molecular formula is C29H41N5O6. The second-order valence-corrected chi connectivity index (χ2v) is 11.1. The zero-order chi connectivity index (χ0) is 29.0. The fourth-order valence-corrected chi connectivity index (χ4v) is 5.38. The van der Waals surface area contributed by atoms with Crippen molar-refractivity contribution < 1.29 is 28.8 Å². The SMILES string of the molecule is Cc1noc(C)c1NC(=O)N(C)C[C@H]1Oc2c(NC(=O)C3CCCCC3)cccc2C(=O)N([C@@H](C)CO)C[C@@H]1C. The molecule has 0 spiro atoms. The van der Waals surface area contributed by atoms with Crippen molar-refractivity contribution in [2.45, 2.75) is 71.9 Å². The molecule has 4 amide bonds. The molecule has 0 saturated heterocycles. The number of carbonyl (C=O) groups is 3. The average Bonchev–Trinajstić information content (AvgIpc) is 3.27.